The number of fused-ring (bicyclic) bond motifs is 1. The number of hydrogen-bond acceptors (Lipinski definition) is 4. The second kappa shape index (κ2) is 6.83. The summed E-state index contributed by atoms with van der Waals surface area (Å²) in [6.45, 7) is 10.7. The Morgan fingerprint density at radius 3 is 2.27 bits per heavy atom. The Morgan fingerprint density at radius 1 is 1.12 bits per heavy atom. The summed E-state index contributed by atoms with van der Waals surface area (Å²) in [6.07, 6.45) is 2.07. The van der Waals surface area contributed by atoms with E-state index in [1.807, 2.05) is 0 Å². The van der Waals surface area contributed by atoms with E-state index in [9.17, 15) is 21.6 Å². The van der Waals surface area contributed by atoms with Gasteiger partial charge in [0, 0.05) is 6.10 Å². The van der Waals surface area contributed by atoms with Crippen molar-refractivity contribution in [2.45, 2.75) is 69.8 Å². The van der Waals surface area contributed by atoms with E-state index in [0.29, 0.717) is 6.42 Å². The first-order valence-electron chi connectivity index (χ1n) is 8.43. The van der Waals surface area contributed by atoms with E-state index < -0.39 is 23.9 Å². The maximum Gasteiger partial charge on any atom is 0.534 e. The Hall–Kier alpha value is -1.06. The second-order valence-electron chi connectivity index (χ2n) is 8.16. The van der Waals surface area contributed by atoms with Crippen LogP contribution in [0.15, 0.2) is 18.2 Å². The molecule has 0 radical (unpaired) electrons. The number of hydrogen-bond donors (Lipinski definition) is 0. The fourth-order valence-corrected chi connectivity index (χ4v) is 4.46. The molecule has 1 unspecified atom stereocenters. The van der Waals surface area contributed by atoms with Crippen molar-refractivity contribution in [3.8, 4) is 5.75 Å². The molecular formula is C17H25F3O4SSi. The lowest BCUT2D eigenvalue weighted by atomic mass is 9.90. The van der Waals surface area contributed by atoms with Crippen LogP contribution in [0, 0.1) is 0 Å². The molecule has 4 nitrogen and oxygen atoms in total. The van der Waals surface area contributed by atoms with E-state index in [-0.39, 0.29) is 16.9 Å². The Morgan fingerprint density at radius 2 is 1.73 bits per heavy atom. The van der Waals surface area contributed by atoms with Crippen molar-refractivity contribution in [3.63, 3.8) is 0 Å². The monoisotopic (exact) mass is 410 g/mol. The standard InChI is InChI=1S/C17H25F3O4SSi/c1-16(2,3)26(4,5)24-15-9-7-12-6-8-14(10-13(12)11-15)23-25(21,22)17(18,19)20/h6,8,10,15H,7,9,11H2,1-5H3. The maximum absolute atomic E-state index is 12.5. The third-order valence-electron chi connectivity index (χ3n) is 5.12. The van der Waals surface area contributed by atoms with E-state index in [4.69, 9.17) is 4.43 Å². The van der Waals surface area contributed by atoms with Crippen molar-refractivity contribution < 1.29 is 30.2 Å². The van der Waals surface area contributed by atoms with Gasteiger partial charge in [-0.05, 0) is 60.7 Å². The minimum Gasteiger partial charge on any atom is -0.414 e. The third-order valence-corrected chi connectivity index (χ3v) is 10.6. The van der Waals surface area contributed by atoms with Gasteiger partial charge in [0.25, 0.3) is 0 Å². The SMILES string of the molecule is CC(C)(C)[Si](C)(C)OC1CCc2ccc(OS(=O)(=O)C(F)(F)F)cc2C1. The summed E-state index contributed by atoms with van der Waals surface area (Å²) in [7, 11) is -7.63. The zero-order chi connectivity index (χ0) is 20.0. The number of aryl methyl sites for hydroxylation is 1. The molecule has 1 atom stereocenters. The van der Waals surface area contributed by atoms with Gasteiger partial charge < -0.3 is 8.61 Å². The van der Waals surface area contributed by atoms with Crippen LogP contribution in [-0.2, 0) is 27.4 Å². The lowest BCUT2D eigenvalue weighted by Gasteiger charge is -2.40. The van der Waals surface area contributed by atoms with E-state index >= 15 is 0 Å². The van der Waals surface area contributed by atoms with Gasteiger partial charge >= 0.3 is 15.6 Å². The topological polar surface area (TPSA) is 52.6 Å². The second-order valence-corrected chi connectivity index (χ2v) is 14.5. The molecule has 148 valence electrons. The van der Waals surface area contributed by atoms with Crippen LogP contribution in [0.1, 0.15) is 38.3 Å². The van der Waals surface area contributed by atoms with E-state index in [1.54, 1.807) is 6.07 Å². The lowest BCUT2D eigenvalue weighted by Crippen LogP contribution is -2.45. The summed E-state index contributed by atoms with van der Waals surface area (Å²) in [5.41, 5.74) is -3.69. The minimum atomic E-state index is -5.66. The molecule has 1 aliphatic rings. The van der Waals surface area contributed by atoms with Gasteiger partial charge in [-0.3, -0.25) is 0 Å². The lowest BCUT2D eigenvalue weighted by molar-refractivity contribution is -0.0500. The van der Waals surface area contributed by atoms with Crippen LogP contribution in [0.2, 0.25) is 18.1 Å². The Bertz CT molecular complexity index is 767. The molecule has 0 saturated carbocycles. The molecule has 0 fully saturated rings. The van der Waals surface area contributed by atoms with Gasteiger partial charge in [0.15, 0.2) is 8.32 Å². The van der Waals surface area contributed by atoms with E-state index in [1.165, 1.54) is 12.1 Å². The van der Waals surface area contributed by atoms with Crippen molar-refractivity contribution in [1.29, 1.82) is 0 Å². The van der Waals surface area contributed by atoms with Crippen molar-refractivity contribution in [1.82, 2.24) is 0 Å². The molecule has 0 amide bonds. The zero-order valence-electron chi connectivity index (χ0n) is 15.6. The summed E-state index contributed by atoms with van der Waals surface area (Å²) in [5.74, 6) is -0.325. The fourth-order valence-electron chi connectivity index (χ4n) is 2.62. The first kappa shape index (κ1) is 21.2. The van der Waals surface area contributed by atoms with Crippen molar-refractivity contribution >= 4 is 18.4 Å². The largest absolute Gasteiger partial charge is 0.534 e. The molecule has 1 aromatic rings. The van der Waals surface area contributed by atoms with Gasteiger partial charge in [0.05, 0.1) is 0 Å². The normalized spacial score (nSPS) is 19.2. The average Bonchev–Trinajstić information content (AvgIpc) is 2.43. The summed E-state index contributed by atoms with van der Waals surface area (Å²) in [5, 5.41) is 0.0546. The van der Waals surface area contributed by atoms with Crippen molar-refractivity contribution in [3.05, 3.63) is 29.3 Å². The number of alkyl halides is 3. The highest BCUT2D eigenvalue weighted by atomic mass is 32.2. The first-order valence-corrected chi connectivity index (χ1v) is 12.7. The Balaban J connectivity index is 2.18. The highest BCUT2D eigenvalue weighted by Gasteiger charge is 2.48. The van der Waals surface area contributed by atoms with Gasteiger partial charge in [-0.2, -0.15) is 21.6 Å². The number of benzene rings is 1. The van der Waals surface area contributed by atoms with E-state index in [2.05, 4.69) is 38.0 Å². The van der Waals surface area contributed by atoms with Crippen LogP contribution in [-0.4, -0.2) is 28.3 Å². The van der Waals surface area contributed by atoms with E-state index in [0.717, 1.165) is 24.0 Å². The highest BCUT2D eigenvalue weighted by molar-refractivity contribution is 7.88. The molecule has 2 rings (SSSR count). The molecule has 26 heavy (non-hydrogen) atoms. The zero-order valence-corrected chi connectivity index (χ0v) is 17.4. The van der Waals surface area contributed by atoms with Crippen molar-refractivity contribution in [2.24, 2.45) is 0 Å². The molecule has 0 aromatic heterocycles. The summed E-state index contributed by atoms with van der Waals surface area (Å²) in [4.78, 5) is 0. The smallest absolute Gasteiger partial charge is 0.414 e. The molecule has 1 aromatic carbocycles. The predicted molar refractivity (Wildman–Crippen MR) is 96.1 cm³/mol. The van der Waals surface area contributed by atoms with Gasteiger partial charge in [-0.15, -0.1) is 0 Å². The number of halogens is 3. The first-order chi connectivity index (χ1) is 11.6. The minimum absolute atomic E-state index is 0.0298. The van der Waals surface area contributed by atoms with Gasteiger partial charge in [0.2, 0.25) is 0 Å². The predicted octanol–water partition coefficient (Wildman–Crippen LogP) is 4.79. The van der Waals surface area contributed by atoms with Crippen LogP contribution in [0.5, 0.6) is 5.75 Å². The molecule has 1 aliphatic carbocycles. The van der Waals surface area contributed by atoms with Gasteiger partial charge in [-0.25, -0.2) is 0 Å². The van der Waals surface area contributed by atoms with Crippen LogP contribution in [0.25, 0.3) is 0 Å². The summed E-state index contributed by atoms with van der Waals surface area (Å²) >= 11 is 0. The Kier molecular flexibility index (Phi) is 5.58. The maximum atomic E-state index is 12.5. The third kappa shape index (κ3) is 4.61. The number of rotatable bonds is 4. The van der Waals surface area contributed by atoms with Gasteiger partial charge in [-0.1, -0.05) is 26.8 Å². The molecule has 0 saturated heterocycles. The van der Waals surface area contributed by atoms with Gasteiger partial charge in [0.1, 0.15) is 5.75 Å². The van der Waals surface area contributed by atoms with Crippen LogP contribution in [0.4, 0.5) is 13.2 Å². The highest BCUT2D eigenvalue weighted by Crippen LogP contribution is 2.39. The fraction of sp³-hybridized carbons (Fsp3) is 0.647. The molecule has 9 heteroatoms. The molecule has 0 bridgehead atoms. The molecule has 0 heterocycles. The molecule has 0 aliphatic heterocycles. The Labute approximate surface area is 154 Å². The molecule has 0 spiro atoms. The molecule has 0 N–H and O–H groups in total. The quantitative estimate of drug-likeness (QED) is 0.407. The van der Waals surface area contributed by atoms with Crippen LogP contribution < -0.4 is 4.18 Å². The average molecular weight is 411 g/mol. The van der Waals surface area contributed by atoms with Crippen molar-refractivity contribution in [2.75, 3.05) is 0 Å². The van der Waals surface area contributed by atoms with Crippen LogP contribution in [0.3, 0.4) is 0 Å². The summed E-state index contributed by atoms with van der Waals surface area (Å²) in [6, 6.07) is 4.26. The van der Waals surface area contributed by atoms with Crippen LogP contribution >= 0.6 is 0 Å². The summed E-state index contributed by atoms with van der Waals surface area (Å²) < 4.78 is 70.5. The molecular weight excluding hydrogens is 385 g/mol.